The first-order valence-corrected chi connectivity index (χ1v) is 7.70. The lowest BCUT2D eigenvalue weighted by molar-refractivity contribution is 0.629. The van der Waals surface area contributed by atoms with Gasteiger partial charge in [-0.15, -0.1) is 0 Å². The molecule has 0 radical (unpaired) electrons. The van der Waals surface area contributed by atoms with Crippen LogP contribution < -0.4 is 5.32 Å². The van der Waals surface area contributed by atoms with E-state index in [1.807, 2.05) is 29.3 Å². The number of aromatic nitrogens is 4. The molecule has 0 atom stereocenters. The van der Waals surface area contributed by atoms with E-state index in [0.29, 0.717) is 11.4 Å². The number of fused-ring (bicyclic) bond motifs is 3. The predicted molar refractivity (Wildman–Crippen MR) is 96.2 cm³/mol. The second kappa shape index (κ2) is 5.31. The Labute approximate surface area is 143 Å². The summed E-state index contributed by atoms with van der Waals surface area (Å²) in [7, 11) is 5.62. The summed E-state index contributed by atoms with van der Waals surface area (Å²) in [6.45, 7) is 7.15. The first-order chi connectivity index (χ1) is 12.0. The summed E-state index contributed by atoms with van der Waals surface area (Å²) in [6.07, 6.45) is 1.75. The first-order valence-electron chi connectivity index (χ1n) is 7.70. The molecule has 0 aliphatic rings. The molecule has 0 amide bonds. The predicted octanol–water partition coefficient (Wildman–Crippen LogP) is 3.86. The van der Waals surface area contributed by atoms with Crippen molar-refractivity contribution in [3.05, 3.63) is 47.8 Å². The molecule has 1 aromatic carbocycles. The van der Waals surface area contributed by atoms with Gasteiger partial charge in [-0.25, -0.2) is 19.2 Å². The molecule has 4 aromatic rings. The molecule has 25 heavy (non-hydrogen) atoms. The van der Waals surface area contributed by atoms with E-state index in [4.69, 9.17) is 6.57 Å². The summed E-state index contributed by atoms with van der Waals surface area (Å²) in [6, 6.07) is 6.32. The normalized spacial score (nSPS) is 11.2. The standard InChI is InChI=1S/C18H15FN6/c1-20-12-6-10(5-11(19)7-12)14-8-13-16-15(22-9-24(16)3)17(21-2)23-18(13)25(14)4/h5-9H,2-4H3,(H,21,23). The van der Waals surface area contributed by atoms with Crippen LogP contribution in [-0.4, -0.2) is 26.1 Å². The van der Waals surface area contributed by atoms with Crippen molar-refractivity contribution in [3.8, 4) is 11.3 Å². The van der Waals surface area contributed by atoms with Crippen LogP contribution in [0.3, 0.4) is 0 Å². The molecule has 0 saturated carbocycles. The van der Waals surface area contributed by atoms with Gasteiger partial charge in [0.1, 0.15) is 17.0 Å². The van der Waals surface area contributed by atoms with Gasteiger partial charge in [0.05, 0.1) is 18.4 Å². The van der Waals surface area contributed by atoms with E-state index in [2.05, 4.69) is 20.1 Å². The number of nitrogens with zero attached hydrogens (tertiary/aromatic N) is 5. The summed E-state index contributed by atoms with van der Waals surface area (Å²) >= 11 is 0. The molecule has 3 aromatic heterocycles. The highest BCUT2D eigenvalue weighted by molar-refractivity contribution is 6.07. The van der Waals surface area contributed by atoms with Gasteiger partial charge in [-0.3, -0.25) is 0 Å². The summed E-state index contributed by atoms with van der Waals surface area (Å²) in [5.74, 6) is 0.264. The number of pyridine rings is 1. The van der Waals surface area contributed by atoms with Crippen molar-refractivity contribution in [2.24, 2.45) is 14.1 Å². The van der Waals surface area contributed by atoms with Gasteiger partial charge in [0, 0.05) is 32.2 Å². The maximum absolute atomic E-state index is 13.9. The first kappa shape index (κ1) is 15.1. The van der Waals surface area contributed by atoms with Crippen LogP contribution in [0.4, 0.5) is 15.9 Å². The highest BCUT2D eigenvalue weighted by Crippen LogP contribution is 2.34. The summed E-state index contributed by atoms with van der Waals surface area (Å²) < 4.78 is 17.7. The molecule has 0 saturated heterocycles. The van der Waals surface area contributed by atoms with E-state index < -0.39 is 5.82 Å². The second-order valence-electron chi connectivity index (χ2n) is 5.90. The molecule has 3 heterocycles. The fraction of sp³-hybridized carbons (Fsp3) is 0.167. The zero-order chi connectivity index (χ0) is 17.7. The van der Waals surface area contributed by atoms with Crippen LogP contribution in [0, 0.1) is 12.4 Å². The second-order valence-corrected chi connectivity index (χ2v) is 5.90. The van der Waals surface area contributed by atoms with E-state index in [-0.39, 0.29) is 5.69 Å². The van der Waals surface area contributed by atoms with Gasteiger partial charge in [-0.05, 0) is 29.8 Å². The fourth-order valence-corrected chi connectivity index (χ4v) is 3.22. The van der Waals surface area contributed by atoms with Gasteiger partial charge in [0.15, 0.2) is 11.5 Å². The summed E-state index contributed by atoms with van der Waals surface area (Å²) in [5.41, 5.74) is 4.23. The smallest absolute Gasteiger partial charge is 0.190 e. The monoisotopic (exact) mass is 334 g/mol. The third-order valence-corrected chi connectivity index (χ3v) is 4.38. The van der Waals surface area contributed by atoms with Crippen LogP contribution in [0.25, 0.3) is 38.2 Å². The van der Waals surface area contributed by atoms with Gasteiger partial charge in [-0.1, -0.05) is 0 Å². The van der Waals surface area contributed by atoms with E-state index in [0.717, 1.165) is 27.8 Å². The SMILES string of the molecule is [C-]#[N+]c1cc(F)cc(-c2cc3c4c(ncn4C)c(NC)nc3n2C)c1. The molecule has 4 rings (SSSR count). The molecular weight excluding hydrogens is 319 g/mol. The number of rotatable bonds is 2. The highest BCUT2D eigenvalue weighted by Gasteiger charge is 2.18. The lowest BCUT2D eigenvalue weighted by Crippen LogP contribution is -1.99. The van der Waals surface area contributed by atoms with Gasteiger partial charge >= 0.3 is 0 Å². The molecule has 0 bridgehead atoms. The topological polar surface area (TPSA) is 52.0 Å². The van der Waals surface area contributed by atoms with E-state index >= 15 is 0 Å². The third kappa shape index (κ3) is 2.15. The number of hydrogen-bond donors (Lipinski definition) is 1. The van der Waals surface area contributed by atoms with Crippen LogP contribution in [0.15, 0.2) is 30.6 Å². The zero-order valence-electron chi connectivity index (χ0n) is 14.0. The third-order valence-electron chi connectivity index (χ3n) is 4.38. The molecule has 7 heteroatoms. The van der Waals surface area contributed by atoms with Gasteiger partial charge in [0.25, 0.3) is 0 Å². The highest BCUT2D eigenvalue weighted by atomic mass is 19.1. The quantitative estimate of drug-likeness (QED) is 0.566. The van der Waals surface area contributed by atoms with Crippen molar-refractivity contribution < 1.29 is 4.39 Å². The molecule has 0 fully saturated rings. The minimum atomic E-state index is -0.427. The summed E-state index contributed by atoms with van der Waals surface area (Å²) in [5, 5.41) is 4.01. The molecule has 0 aliphatic heterocycles. The number of anilines is 1. The number of halogens is 1. The zero-order valence-corrected chi connectivity index (χ0v) is 14.0. The van der Waals surface area contributed by atoms with Crippen LogP contribution in [0.5, 0.6) is 0 Å². The van der Waals surface area contributed by atoms with E-state index in [1.54, 1.807) is 19.4 Å². The van der Waals surface area contributed by atoms with Gasteiger partial charge in [-0.2, -0.15) is 0 Å². The Bertz CT molecular complexity index is 1180. The Morgan fingerprint density at radius 1 is 1.20 bits per heavy atom. The van der Waals surface area contributed by atoms with Crippen molar-refractivity contribution in [1.82, 2.24) is 19.1 Å². The number of hydrogen-bond acceptors (Lipinski definition) is 3. The molecule has 1 N–H and O–H groups in total. The Hall–Kier alpha value is -3.40. The lowest BCUT2D eigenvalue weighted by Gasteiger charge is -2.06. The average molecular weight is 334 g/mol. The minimum Gasteiger partial charge on any atom is -0.371 e. The Kier molecular flexibility index (Phi) is 3.22. The maximum atomic E-state index is 13.9. The van der Waals surface area contributed by atoms with E-state index in [1.165, 1.54) is 12.1 Å². The molecule has 0 aliphatic carbocycles. The largest absolute Gasteiger partial charge is 0.371 e. The Balaban J connectivity index is 2.09. The van der Waals surface area contributed by atoms with Crippen molar-refractivity contribution in [2.45, 2.75) is 0 Å². The molecule has 0 spiro atoms. The number of imidazole rings is 1. The molecule has 124 valence electrons. The average Bonchev–Trinajstić information content (AvgIpc) is 3.14. The van der Waals surface area contributed by atoms with Crippen LogP contribution >= 0.6 is 0 Å². The molecular formula is C18H15FN6. The Morgan fingerprint density at radius 3 is 2.72 bits per heavy atom. The van der Waals surface area contributed by atoms with Crippen LogP contribution in [0.1, 0.15) is 0 Å². The summed E-state index contributed by atoms with van der Waals surface area (Å²) in [4.78, 5) is 12.4. The lowest BCUT2D eigenvalue weighted by atomic mass is 10.1. The molecule has 6 nitrogen and oxygen atoms in total. The van der Waals surface area contributed by atoms with Crippen molar-refractivity contribution in [2.75, 3.05) is 12.4 Å². The fourth-order valence-electron chi connectivity index (χ4n) is 3.22. The number of aryl methyl sites for hydroxylation is 2. The van der Waals surface area contributed by atoms with Crippen molar-refractivity contribution >= 4 is 33.6 Å². The van der Waals surface area contributed by atoms with Gasteiger partial charge < -0.3 is 14.5 Å². The van der Waals surface area contributed by atoms with Crippen molar-refractivity contribution in [1.29, 1.82) is 0 Å². The molecule has 0 unspecified atom stereocenters. The van der Waals surface area contributed by atoms with Crippen LogP contribution in [0.2, 0.25) is 0 Å². The van der Waals surface area contributed by atoms with Crippen LogP contribution in [-0.2, 0) is 14.1 Å². The van der Waals surface area contributed by atoms with Crippen molar-refractivity contribution in [3.63, 3.8) is 0 Å². The Morgan fingerprint density at radius 2 is 2.00 bits per heavy atom. The number of benzene rings is 1. The van der Waals surface area contributed by atoms with Gasteiger partial charge in [0.2, 0.25) is 0 Å². The minimum absolute atomic E-state index is 0.273. The maximum Gasteiger partial charge on any atom is 0.190 e. The van der Waals surface area contributed by atoms with E-state index in [9.17, 15) is 4.39 Å². The number of nitrogens with one attached hydrogen (secondary N) is 1.